The monoisotopic (exact) mass is 339 g/mol. The lowest BCUT2D eigenvalue weighted by Gasteiger charge is -2.33. The molecule has 6 heteroatoms. The highest BCUT2D eigenvalue weighted by molar-refractivity contribution is 5.92. The van der Waals surface area contributed by atoms with Crippen LogP contribution in [0, 0.1) is 12.8 Å². The minimum absolute atomic E-state index is 0.0782. The van der Waals surface area contributed by atoms with Crippen molar-refractivity contribution in [1.82, 2.24) is 19.9 Å². The van der Waals surface area contributed by atoms with E-state index in [2.05, 4.69) is 25.9 Å². The number of aromatic nitrogens is 3. The zero-order chi connectivity index (χ0) is 17.8. The van der Waals surface area contributed by atoms with Gasteiger partial charge in [0.1, 0.15) is 17.3 Å². The molecule has 1 amide bonds. The first kappa shape index (κ1) is 17.3. The number of amides is 1. The highest BCUT2D eigenvalue weighted by atomic mass is 16.2. The van der Waals surface area contributed by atoms with Gasteiger partial charge in [0, 0.05) is 39.1 Å². The Kier molecular flexibility index (Phi) is 5.26. The van der Waals surface area contributed by atoms with Crippen molar-refractivity contribution >= 4 is 11.7 Å². The summed E-state index contributed by atoms with van der Waals surface area (Å²) in [6.07, 6.45) is 5.02. The minimum Gasteiger partial charge on any atom is -0.356 e. The molecule has 0 aromatic carbocycles. The van der Waals surface area contributed by atoms with Gasteiger partial charge < -0.3 is 9.80 Å². The third-order valence-corrected chi connectivity index (χ3v) is 4.51. The van der Waals surface area contributed by atoms with Crippen LogP contribution in [0.3, 0.4) is 0 Å². The fraction of sp³-hybridized carbons (Fsp3) is 0.474. The van der Waals surface area contributed by atoms with Gasteiger partial charge in [0.05, 0.1) is 0 Å². The van der Waals surface area contributed by atoms with E-state index in [0.29, 0.717) is 17.4 Å². The van der Waals surface area contributed by atoms with Crippen LogP contribution in [0.4, 0.5) is 5.82 Å². The summed E-state index contributed by atoms with van der Waals surface area (Å²) in [6.45, 7) is 3.86. The molecular formula is C19H25N5O. The highest BCUT2D eigenvalue weighted by Gasteiger charge is 2.22. The average Bonchev–Trinajstić information content (AvgIpc) is 2.61. The van der Waals surface area contributed by atoms with Crippen LogP contribution in [-0.2, 0) is 6.42 Å². The van der Waals surface area contributed by atoms with Gasteiger partial charge in [-0.05, 0) is 50.3 Å². The standard InChI is InChI=1S/C19H25N5O/c1-14-21-16(12-17(22-14)19(25)23(2)3)11-15-7-6-10-24(13-15)18-8-4-5-9-20-18/h4-5,8-9,12,15H,6-7,10-11,13H2,1-3H3/t15-/m1/s1. The first-order valence-electron chi connectivity index (χ1n) is 8.75. The van der Waals surface area contributed by atoms with Crippen LogP contribution in [0.2, 0.25) is 0 Å². The Morgan fingerprint density at radius 1 is 1.32 bits per heavy atom. The molecule has 1 aliphatic heterocycles. The molecule has 1 atom stereocenters. The Balaban J connectivity index is 1.72. The summed E-state index contributed by atoms with van der Waals surface area (Å²) in [5.74, 6) is 2.12. The topological polar surface area (TPSA) is 62.2 Å². The SMILES string of the molecule is Cc1nc(C[C@H]2CCCN(c3ccccn3)C2)cc(C(=O)N(C)C)n1. The molecule has 1 aliphatic rings. The van der Waals surface area contributed by atoms with E-state index in [1.165, 1.54) is 6.42 Å². The van der Waals surface area contributed by atoms with Crippen LogP contribution in [0.15, 0.2) is 30.5 Å². The number of anilines is 1. The maximum atomic E-state index is 12.2. The number of hydrogen-bond acceptors (Lipinski definition) is 5. The predicted molar refractivity (Wildman–Crippen MR) is 97.7 cm³/mol. The van der Waals surface area contributed by atoms with Crippen LogP contribution in [0.5, 0.6) is 0 Å². The molecular weight excluding hydrogens is 314 g/mol. The summed E-state index contributed by atoms with van der Waals surface area (Å²) in [5.41, 5.74) is 1.43. The maximum Gasteiger partial charge on any atom is 0.272 e. The first-order chi connectivity index (χ1) is 12.0. The van der Waals surface area contributed by atoms with Crippen molar-refractivity contribution in [2.45, 2.75) is 26.2 Å². The Hall–Kier alpha value is -2.50. The number of pyridine rings is 1. The minimum atomic E-state index is -0.0782. The molecule has 0 spiro atoms. The summed E-state index contributed by atoms with van der Waals surface area (Å²) in [6, 6.07) is 7.87. The highest BCUT2D eigenvalue weighted by Crippen LogP contribution is 2.24. The third kappa shape index (κ3) is 4.32. The van der Waals surface area contributed by atoms with Crippen molar-refractivity contribution < 1.29 is 4.79 Å². The van der Waals surface area contributed by atoms with E-state index in [-0.39, 0.29) is 5.91 Å². The number of piperidine rings is 1. The summed E-state index contributed by atoms with van der Waals surface area (Å²) >= 11 is 0. The van der Waals surface area contributed by atoms with Crippen molar-refractivity contribution in [3.63, 3.8) is 0 Å². The lowest BCUT2D eigenvalue weighted by Crippen LogP contribution is -2.36. The second kappa shape index (κ2) is 7.59. The molecule has 1 saturated heterocycles. The second-order valence-corrected chi connectivity index (χ2v) is 6.84. The van der Waals surface area contributed by atoms with Crippen molar-refractivity contribution in [1.29, 1.82) is 0 Å². The van der Waals surface area contributed by atoms with Crippen molar-refractivity contribution in [3.05, 3.63) is 47.7 Å². The normalized spacial score (nSPS) is 17.4. The Morgan fingerprint density at radius 2 is 2.16 bits per heavy atom. The molecule has 2 aromatic rings. The maximum absolute atomic E-state index is 12.2. The van der Waals surface area contributed by atoms with Gasteiger partial charge in [-0.2, -0.15) is 0 Å². The van der Waals surface area contributed by atoms with E-state index in [1.807, 2.05) is 31.3 Å². The summed E-state index contributed by atoms with van der Waals surface area (Å²) in [4.78, 5) is 29.4. The van der Waals surface area contributed by atoms with Crippen LogP contribution >= 0.6 is 0 Å². The van der Waals surface area contributed by atoms with E-state index < -0.39 is 0 Å². The number of rotatable bonds is 4. The Labute approximate surface area is 148 Å². The molecule has 3 rings (SSSR count). The lowest BCUT2D eigenvalue weighted by molar-refractivity contribution is 0.0821. The van der Waals surface area contributed by atoms with Gasteiger partial charge in [-0.25, -0.2) is 15.0 Å². The van der Waals surface area contributed by atoms with Crippen LogP contribution in [-0.4, -0.2) is 52.9 Å². The fourth-order valence-corrected chi connectivity index (χ4v) is 3.35. The Bertz CT molecular complexity index is 732. The molecule has 6 nitrogen and oxygen atoms in total. The van der Waals surface area contributed by atoms with Gasteiger partial charge in [0.25, 0.3) is 5.91 Å². The summed E-state index contributed by atoms with van der Waals surface area (Å²) < 4.78 is 0. The molecule has 25 heavy (non-hydrogen) atoms. The van der Waals surface area contributed by atoms with Gasteiger partial charge in [-0.15, -0.1) is 0 Å². The zero-order valence-electron chi connectivity index (χ0n) is 15.1. The van der Waals surface area contributed by atoms with Crippen molar-refractivity contribution in [2.24, 2.45) is 5.92 Å². The third-order valence-electron chi connectivity index (χ3n) is 4.51. The van der Waals surface area contributed by atoms with E-state index in [1.54, 1.807) is 19.0 Å². The molecule has 132 valence electrons. The summed E-state index contributed by atoms with van der Waals surface area (Å²) in [5, 5.41) is 0. The first-order valence-corrected chi connectivity index (χ1v) is 8.75. The smallest absolute Gasteiger partial charge is 0.272 e. The molecule has 0 radical (unpaired) electrons. The molecule has 3 heterocycles. The molecule has 0 bridgehead atoms. The lowest BCUT2D eigenvalue weighted by atomic mass is 9.93. The molecule has 0 N–H and O–H groups in total. The van der Waals surface area contributed by atoms with Crippen molar-refractivity contribution in [2.75, 3.05) is 32.1 Å². The van der Waals surface area contributed by atoms with Crippen molar-refractivity contribution in [3.8, 4) is 0 Å². The molecule has 1 fully saturated rings. The molecule has 0 aliphatic carbocycles. The van der Waals surface area contributed by atoms with Gasteiger partial charge in [-0.3, -0.25) is 4.79 Å². The number of hydrogen-bond donors (Lipinski definition) is 0. The average molecular weight is 339 g/mol. The number of aryl methyl sites for hydroxylation is 1. The second-order valence-electron chi connectivity index (χ2n) is 6.84. The summed E-state index contributed by atoms with van der Waals surface area (Å²) in [7, 11) is 3.48. The van der Waals surface area contributed by atoms with Crippen LogP contribution < -0.4 is 4.90 Å². The predicted octanol–water partition coefficient (Wildman–Crippen LogP) is 2.34. The number of carbonyl (C=O) groups is 1. The zero-order valence-corrected chi connectivity index (χ0v) is 15.1. The van der Waals surface area contributed by atoms with Gasteiger partial charge >= 0.3 is 0 Å². The largest absolute Gasteiger partial charge is 0.356 e. The number of nitrogens with zero attached hydrogens (tertiary/aromatic N) is 5. The van der Waals surface area contributed by atoms with E-state index in [9.17, 15) is 4.79 Å². The Morgan fingerprint density at radius 3 is 2.88 bits per heavy atom. The van der Waals surface area contributed by atoms with Crippen LogP contribution in [0.25, 0.3) is 0 Å². The molecule has 0 unspecified atom stereocenters. The van der Waals surface area contributed by atoms with Gasteiger partial charge in [-0.1, -0.05) is 6.07 Å². The van der Waals surface area contributed by atoms with E-state index in [4.69, 9.17) is 0 Å². The van der Waals surface area contributed by atoms with E-state index in [0.717, 1.165) is 37.4 Å². The molecule has 2 aromatic heterocycles. The fourth-order valence-electron chi connectivity index (χ4n) is 3.35. The van der Waals surface area contributed by atoms with E-state index >= 15 is 0 Å². The van der Waals surface area contributed by atoms with Crippen LogP contribution in [0.1, 0.15) is 34.8 Å². The van der Waals surface area contributed by atoms with Gasteiger partial charge in [0.15, 0.2) is 0 Å². The quantitative estimate of drug-likeness (QED) is 0.855. The number of carbonyl (C=O) groups excluding carboxylic acids is 1. The van der Waals surface area contributed by atoms with Gasteiger partial charge in [0.2, 0.25) is 0 Å². The molecule has 0 saturated carbocycles.